The van der Waals surface area contributed by atoms with Crippen molar-refractivity contribution in [3.05, 3.63) is 34.9 Å². The Kier molecular flexibility index (Phi) is 5.66. The first-order valence-electron chi connectivity index (χ1n) is 6.50. The van der Waals surface area contributed by atoms with E-state index in [9.17, 15) is 0 Å². The van der Waals surface area contributed by atoms with Crippen LogP contribution in [0, 0.1) is 12.8 Å². The van der Waals surface area contributed by atoms with Gasteiger partial charge in [0.2, 0.25) is 0 Å². The number of aryl methyl sites for hydroxylation is 1. The molecular weight excluding hydrogens is 208 g/mol. The maximum absolute atomic E-state index is 5.64. The largest absolute Gasteiger partial charge is 0.326 e. The molecule has 0 aliphatic carbocycles. The quantitative estimate of drug-likeness (QED) is 0.820. The van der Waals surface area contributed by atoms with Crippen molar-refractivity contribution in [2.45, 2.75) is 40.3 Å². The van der Waals surface area contributed by atoms with E-state index in [0.29, 0.717) is 6.54 Å². The summed E-state index contributed by atoms with van der Waals surface area (Å²) < 4.78 is 0. The van der Waals surface area contributed by atoms with E-state index >= 15 is 0 Å². The molecule has 17 heavy (non-hydrogen) atoms. The van der Waals surface area contributed by atoms with Crippen LogP contribution in [0.5, 0.6) is 0 Å². The van der Waals surface area contributed by atoms with Crippen molar-refractivity contribution in [2.24, 2.45) is 11.7 Å². The minimum Gasteiger partial charge on any atom is -0.326 e. The standard InChI is InChI=1S/C15H26N2/c1-12(2)7-8-17(4)11-15-6-5-14(10-16)9-13(15)3/h5-6,9,12H,7-8,10-11,16H2,1-4H3. The van der Waals surface area contributed by atoms with E-state index in [0.717, 1.165) is 19.0 Å². The molecule has 0 atom stereocenters. The van der Waals surface area contributed by atoms with E-state index in [1.807, 2.05) is 0 Å². The molecule has 0 amide bonds. The second kappa shape index (κ2) is 6.77. The molecule has 0 radical (unpaired) electrons. The Morgan fingerprint density at radius 2 is 2.00 bits per heavy atom. The molecule has 2 heteroatoms. The topological polar surface area (TPSA) is 29.3 Å². The van der Waals surface area contributed by atoms with Crippen LogP contribution in [0.25, 0.3) is 0 Å². The van der Waals surface area contributed by atoms with Gasteiger partial charge in [0, 0.05) is 13.1 Å². The molecule has 96 valence electrons. The van der Waals surface area contributed by atoms with Gasteiger partial charge in [0.15, 0.2) is 0 Å². The van der Waals surface area contributed by atoms with Crippen LogP contribution in [0.4, 0.5) is 0 Å². The molecule has 0 aliphatic heterocycles. The lowest BCUT2D eigenvalue weighted by Gasteiger charge is -2.19. The molecule has 1 aromatic rings. The molecular formula is C15H26N2. The summed E-state index contributed by atoms with van der Waals surface area (Å²) in [5, 5.41) is 0. The normalized spacial score (nSPS) is 11.5. The van der Waals surface area contributed by atoms with Crippen LogP contribution in [0.1, 0.15) is 37.0 Å². The molecule has 0 aromatic heterocycles. The second-order valence-electron chi connectivity index (χ2n) is 5.39. The fourth-order valence-corrected chi connectivity index (χ4v) is 1.91. The Hall–Kier alpha value is -0.860. The monoisotopic (exact) mass is 234 g/mol. The molecule has 2 nitrogen and oxygen atoms in total. The molecule has 0 bridgehead atoms. The fourth-order valence-electron chi connectivity index (χ4n) is 1.91. The third-order valence-electron chi connectivity index (χ3n) is 3.17. The maximum Gasteiger partial charge on any atom is 0.0233 e. The summed E-state index contributed by atoms with van der Waals surface area (Å²) >= 11 is 0. The minimum absolute atomic E-state index is 0.629. The van der Waals surface area contributed by atoms with Crippen LogP contribution in [-0.2, 0) is 13.1 Å². The molecule has 0 saturated carbocycles. The van der Waals surface area contributed by atoms with Crippen LogP contribution in [-0.4, -0.2) is 18.5 Å². The van der Waals surface area contributed by atoms with E-state index < -0.39 is 0 Å². The van der Waals surface area contributed by atoms with Crippen LogP contribution >= 0.6 is 0 Å². The van der Waals surface area contributed by atoms with Crippen LogP contribution in [0.2, 0.25) is 0 Å². The molecule has 0 unspecified atom stereocenters. The highest BCUT2D eigenvalue weighted by Gasteiger charge is 2.04. The number of hydrogen-bond donors (Lipinski definition) is 1. The van der Waals surface area contributed by atoms with Gasteiger partial charge in [-0.15, -0.1) is 0 Å². The third kappa shape index (κ3) is 4.88. The van der Waals surface area contributed by atoms with Crippen molar-refractivity contribution in [3.63, 3.8) is 0 Å². The van der Waals surface area contributed by atoms with Crippen molar-refractivity contribution >= 4 is 0 Å². The molecule has 0 fully saturated rings. The van der Waals surface area contributed by atoms with Gasteiger partial charge in [0.25, 0.3) is 0 Å². The van der Waals surface area contributed by atoms with Gasteiger partial charge in [-0.05, 0) is 49.5 Å². The maximum atomic E-state index is 5.64. The zero-order valence-corrected chi connectivity index (χ0v) is 11.7. The average Bonchev–Trinajstić information content (AvgIpc) is 2.29. The lowest BCUT2D eigenvalue weighted by atomic mass is 10.0. The molecule has 0 spiro atoms. The Morgan fingerprint density at radius 3 is 2.53 bits per heavy atom. The van der Waals surface area contributed by atoms with Gasteiger partial charge in [0.1, 0.15) is 0 Å². The Morgan fingerprint density at radius 1 is 1.29 bits per heavy atom. The third-order valence-corrected chi connectivity index (χ3v) is 3.17. The Balaban J connectivity index is 2.56. The number of benzene rings is 1. The summed E-state index contributed by atoms with van der Waals surface area (Å²) in [6.07, 6.45) is 1.26. The van der Waals surface area contributed by atoms with Crippen LogP contribution in [0.3, 0.4) is 0 Å². The van der Waals surface area contributed by atoms with E-state index in [-0.39, 0.29) is 0 Å². The van der Waals surface area contributed by atoms with E-state index in [1.54, 1.807) is 0 Å². The van der Waals surface area contributed by atoms with E-state index in [4.69, 9.17) is 5.73 Å². The van der Waals surface area contributed by atoms with Gasteiger partial charge in [-0.25, -0.2) is 0 Å². The predicted molar refractivity (Wildman–Crippen MR) is 74.9 cm³/mol. The van der Waals surface area contributed by atoms with Gasteiger partial charge in [0.05, 0.1) is 0 Å². The second-order valence-corrected chi connectivity index (χ2v) is 5.39. The van der Waals surface area contributed by atoms with Crippen LogP contribution < -0.4 is 5.73 Å². The highest BCUT2D eigenvalue weighted by Crippen LogP contribution is 2.13. The molecule has 0 saturated heterocycles. The molecule has 0 aliphatic rings. The predicted octanol–water partition coefficient (Wildman–Crippen LogP) is 2.93. The lowest BCUT2D eigenvalue weighted by Crippen LogP contribution is -2.20. The van der Waals surface area contributed by atoms with E-state index in [1.165, 1.54) is 23.1 Å². The SMILES string of the molecule is Cc1cc(CN)ccc1CN(C)CCC(C)C. The summed E-state index contributed by atoms with van der Waals surface area (Å²) in [5.41, 5.74) is 9.62. The molecule has 1 rings (SSSR count). The van der Waals surface area contributed by atoms with Crippen molar-refractivity contribution in [1.82, 2.24) is 4.90 Å². The first-order valence-corrected chi connectivity index (χ1v) is 6.50. The number of hydrogen-bond acceptors (Lipinski definition) is 2. The van der Waals surface area contributed by atoms with Crippen molar-refractivity contribution in [1.29, 1.82) is 0 Å². The van der Waals surface area contributed by atoms with Gasteiger partial charge in [-0.3, -0.25) is 0 Å². The van der Waals surface area contributed by atoms with Gasteiger partial charge in [-0.1, -0.05) is 32.0 Å². The van der Waals surface area contributed by atoms with Gasteiger partial charge in [-0.2, -0.15) is 0 Å². The molecule has 0 heterocycles. The summed E-state index contributed by atoms with van der Waals surface area (Å²) in [7, 11) is 2.19. The number of rotatable bonds is 6. The first-order chi connectivity index (χ1) is 8.02. The highest BCUT2D eigenvalue weighted by molar-refractivity contribution is 5.30. The zero-order valence-electron chi connectivity index (χ0n) is 11.7. The summed E-state index contributed by atoms with van der Waals surface area (Å²) in [4.78, 5) is 2.39. The Labute approximate surface area is 106 Å². The minimum atomic E-state index is 0.629. The molecule has 1 aromatic carbocycles. The van der Waals surface area contributed by atoms with Crippen LogP contribution in [0.15, 0.2) is 18.2 Å². The number of nitrogens with two attached hydrogens (primary N) is 1. The van der Waals surface area contributed by atoms with Crippen molar-refractivity contribution in [2.75, 3.05) is 13.6 Å². The average molecular weight is 234 g/mol. The fraction of sp³-hybridized carbons (Fsp3) is 0.600. The summed E-state index contributed by atoms with van der Waals surface area (Å²) in [6.45, 7) is 9.54. The van der Waals surface area contributed by atoms with Crippen molar-refractivity contribution < 1.29 is 0 Å². The zero-order chi connectivity index (χ0) is 12.8. The summed E-state index contributed by atoms with van der Waals surface area (Å²) in [5.74, 6) is 0.776. The summed E-state index contributed by atoms with van der Waals surface area (Å²) in [6, 6.07) is 6.55. The number of nitrogens with zero attached hydrogens (tertiary/aromatic N) is 1. The lowest BCUT2D eigenvalue weighted by molar-refractivity contribution is 0.303. The van der Waals surface area contributed by atoms with Gasteiger partial charge >= 0.3 is 0 Å². The molecule has 2 N–H and O–H groups in total. The Bertz CT molecular complexity index is 345. The smallest absolute Gasteiger partial charge is 0.0233 e. The first kappa shape index (κ1) is 14.2. The van der Waals surface area contributed by atoms with Gasteiger partial charge < -0.3 is 10.6 Å². The highest BCUT2D eigenvalue weighted by atomic mass is 15.1. The van der Waals surface area contributed by atoms with E-state index in [2.05, 4.69) is 50.9 Å². The van der Waals surface area contributed by atoms with Crippen molar-refractivity contribution in [3.8, 4) is 0 Å².